The van der Waals surface area contributed by atoms with Crippen molar-refractivity contribution in [1.82, 2.24) is 0 Å². The van der Waals surface area contributed by atoms with E-state index in [0.717, 1.165) is 11.5 Å². The molecule has 6 aromatic rings. The molecule has 4 nitrogen and oxygen atoms in total. The van der Waals surface area contributed by atoms with Gasteiger partial charge in [-0.3, -0.25) is 0 Å². The van der Waals surface area contributed by atoms with Crippen LogP contribution in [0.3, 0.4) is 0 Å². The van der Waals surface area contributed by atoms with E-state index in [2.05, 4.69) is 218 Å². The second kappa shape index (κ2) is 16.3. The summed E-state index contributed by atoms with van der Waals surface area (Å²) in [6, 6.07) is 50.3. The third-order valence-corrected chi connectivity index (χ3v) is 13.3. The summed E-state index contributed by atoms with van der Waals surface area (Å²) in [5.41, 5.74) is 16.9. The monoisotopic (exact) mass is 778 g/mol. The van der Waals surface area contributed by atoms with Crippen molar-refractivity contribution in [3.8, 4) is 11.5 Å². The van der Waals surface area contributed by atoms with E-state index < -0.39 is 6.15 Å². The lowest BCUT2D eigenvalue weighted by atomic mass is 9.12. The van der Waals surface area contributed by atoms with Gasteiger partial charge in [0.25, 0.3) is 0 Å². The molecule has 0 unspecified atom stereocenters. The standard InChI is InChI=1S/C27H26B.C27H33N2O2/c1-21-13-7-10-18-25(21)28(24-16-5-4-6-17-24,26-19-11-8-14-22(26)2)27-20-12-9-15-23(27)3;1-26(2)20-16-18(30-7)12-14-22(20)28(5)24(26)10-9-11-25-27(3,4)21-17-19(31-8)13-15-23(21)29(25)6/h4-20H,1-3H3;9-17H,1-8H3/q-1;+1. The van der Waals surface area contributed by atoms with E-state index in [4.69, 9.17) is 9.47 Å². The zero-order valence-corrected chi connectivity index (χ0v) is 36.8. The Labute approximate surface area is 353 Å². The number of likely N-dealkylation sites (N-methyl/N-ethyl adjacent to an activating group) is 1. The van der Waals surface area contributed by atoms with Gasteiger partial charge < -0.3 is 14.4 Å². The Balaban J connectivity index is 0.000000180. The summed E-state index contributed by atoms with van der Waals surface area (Å²) in [6.45, 7) is 15.8. The summed E-state index contributed by atoms with van der Waals surface area (Å²) in [6.07, 6.45) is 5.38. The van der Waals surface area contributed by atoms with Gasteiger partial charge in [0, 0.05) is 41.6 Å². The van der Waals surface area contributed by atoms with Gasteiger partial charge in [-0.05, 0) is 76.6 Å². The first kappa shape index (κ1) is 41.1. The predicted molar refractivity (Wildman–Crippen MR) is 253 cm³/mol. The van der Waals surface area contributed by atoms with E-state index in [1.54, 1.807) is 14.2 Å². The molecular weight excluding hydrogens is 719 g/mol. The molecule has 8 rings (SSSR count). The lowest BCUT2D eigenvalue weighted by Gasteiger charge is -2.47. The SMILES string of the molecule is COc1ccc2c(c1)C(C)(C)C(/C=C/C=C1/N(C)c3ccc(OC)cc3C1(C)C)=[N+]2C.Cc1ccccc1[B-](c1ccccc1)(c1ccccc1C)c1ccccc1C. The molecule has 0 N–H and O–H groups in total. The molecule has 0 spiro atoms. The Hall–Kier alpha value is -6.07. The summed E-state index contributed by atoms with van der Waals surface area (Å²) < 4.78 is 13.2. The fourth-order valence-electron chi connectivity index (χ4n) is 10.1. The molecule has 0 radical (unpaired) electrons. The normalized spacial score (nSPS) is 15.8. The van der Waals surface area contributed by atoms with Crippen LogP contribution in [0.2, 0.25) is 0 Å². The van der Waals surface area contributed by atoms with Crippen molar-refractivity contribution in [2.24, 2.45) is 0 Å². The summed E-state index contributed by atoms with van der Waals surface area (Å²) in [5, 5.41) is 0. The smallest absolute Gasteiger partial charge is 0.209 e. The lowest BCUT2D eigenvalue weighted by Crippen LogP contribution is -2.76. The van der Waals surface area contributed by atoms with Crippen molar-refractivity contribution in [2.45, 2.75) is 59.3 Å². The first-order valence-electron chi connectivity index (χ1n) is 20.8. The first-order chi connectivity index (χ1) is 28.3. The number of allylic oxidation sites excluding steroid dienone is 4. The maximum absolute atomic E-state index is 5.46. The molecule has 0 fully saturated rings. The number of methoxy groups -OCH3 is 2. The zero-order chi connectivity index (χ0) is 42.1. The number of aryl methyl sites for hydroxylation is 3. The van der Waals surface area contributed by atoms with Crippen molar-refractivity contribution in [1.29, 1.82) is 0 Å². The van der Waals surface area contributed by atoms with Gasteiger partial charge in [-0.1, -0.05) is 140 Å². The minimum atomic E-state index is -1.29. The van der Waals surface area contributed by atoms with Crippen LogP contribution in [0.4, 0.5) is 11.4 Å². The van der Waals surface area contributed by atoms with Crippen molar-refractivity contribution in [2.75, 3.05) is 33.2 Å². The van der Waals surface area contributed by atoms with Crippen LogP contribution in [-0.2, 0) is 10.8 Å². The number of hydrogen-bond donors (Lipinski definition) is 0. The van der Waals surface area contributed by atoms with E-state index >= 15 is 0 Å². The molecule has 0 saturated heterocycles. The van der Waals surface area contributed by atoms with Crippen LogP contribution < -0.4 is 36.2 Å². The largest absolute Gasteiger partial charge is 0.497 e. The molecule has 6 aromatic carbocycles. The molecular formula is C54H59BN2O2. The van der Waals surface area contributed by atoms with Crippen LogP contribution in [-0.4, -0.2) is 44.7 Å². The molecule has 300 valence electrons. The highest BCUT2D eigenvalue weighted by atomic mass is 16.5. The fraction of sp³-hybridized carbons (Fsp3) is 0.241. The van der Waals surface area contributed by atoms with Crippen LogP contribution in [0.25, 0.3) is 0 Å². The van der Waals surface area contributed by atoms with Crippen LogP contribution in [0.5, 0.6) is 11.5 Å². The Bertz CT molecular complexity index is 2490. The topological polar surface area (TPSA) is 24.7 Å². The number of anilines is 1. The van der Waals surface area contributed by atoms with Crippen LogP contribution in [0.15, 0.2) is 163 Å². The van der Waals surface area contributed by atoms with Gasteiger partial charge in [0.15, 0.2) is 5.71 Å². The Kier molecular flexibility index (Phi) is 11.4. The number of hydrogen-bond acceptors (Lipinski definition) is 3. The van der Waals surface area contributed by atoms with Crippen molar-refractivity contribution < 1.29 is 14.0 Å². The van der Waals surface area contributed by atoms with E-state index in [1.807, 2.05) is 12.1 Å². The molecule has 2 aliphatic heterocycles. The predicted octanol–water partition coefficient (Wildman–Crippen LogP) is 9.57. The minimum Gasteiger partial charge on any atom is -0.497 e. The molecule has 0 bridgehead atoms. The van der Waals surface area contributed by atoms with Crippen LogP contribution >= 0.6 is 0 Å². The summed E-state index contributed by atoms with van der Waals surface area (Å²) in [4.78, 5) is 2.28. The van der Waals surface area contributed by atoms with E-state index in [9.17, 15) is 0 Å². The molecule has 0 saturated carbocycles. The second-order valence-electron chi connectivity index (χ2n) is 17.3. The molecule has 2 heterocycles. The summed E-state index contributed by atoms with van der Waals surface area (Å²) in [5.74, 6) is 1.80. The molecule has 2 aliphatic rings. The minimum absolute atomic E-state index is 0.0962. The number of fused-ring (bicyclic) bond motifs is 2. The summed E-state index contributed by atoms with van der Waals surface area (Å²) in [7, 11) is 7.72. The Morgan fingerprint density at radius 3 is 1.56 bits per heavy atom. The van der Waals surface area contributed by atoms with Gasteiger partial charge in [-0.15, -0.1) is 0 Å². The van der Waals surface area contributed by atoms with Gasteiger partial charge in [0.2, 0.25) is 5.69 Å². The Morgan fingerprint density at radius 2 is 1.05 bits per heavy atom. The molecule has 0 aromatic heterocycles. The molecule has 0 amide bonds. The molecule has 0 atom stereocenters. The van der Waals surface area contributed by atoms with Crippen LogP contribution in [0, 0.1) is 20.8 Å². The number of ether oxygens (including phenoxy) is 2. The number of nitrogens with zero attached hydrogens (tertiary/aromatic N) is 2. The van der Waals surface area contributed by atoms with E-state index in [0.29, 0.717) is 0 Å². The van der Waals surface area contributed by atoms with E-state index in [-0.39, 0.29) is 10.8 Å². The highest BCUT2D eigenvalue weighted by molar-refractivity contribution is 7.20. The van der Waals surface area contributed by atoms with E-state index in [1.165, 1.54) is 72.5 Å². The van der Waals surface area contributed by atoms with Gasteiger partial charge in [-0.2, -0.15) is 26.4 Å². The zero-order valence-electron chi connectivity index (χ0n) is 36.8. The van der Waals surface area contributed by atoms with Gasteiger partial charge >= 0.3 is 0 Å². The van der Waals surface area contributed by atoms with Crippen molar-refractivity contribution >= 4 is 45.1 Å². The average Bonchev–Trinajstić information content (AvgIpc) is 3.55. The second-order valence-corrected chi connectivity index (χ2v) is 17.3. The number of rotatable bonds is 8. The van der Waals surface area contributed by atoms with Crippen molar-refractivity contribution in [3.63, 3.8) is 0 Å². The fourth-order valence-corrected chi connectivity index (χ4v) is 10.1. The van der Waals surface area contributed by atoms with Gasteiger partial charge in [0.1, 0.15) is 24.7 Å². The third kappa shape index (κ3) is 7.11. The first-order valence-corrected chi connectivity index (χ1v) is 20.8. The maximum Gasteiger partial charge on any atom is 0.209 e. The quantitative estimate of drug-likeness (QED) is 0.114. The Morgan fingerprint density at radius 1 is 0.576 bits per heavy atom. The van der Waals surface area contributed by atoms with Crippen LogP contribution in [0.1, 0.15) is 55.5 Å². The highest BCUT2D eigenvalue weighted by Crippen LogP contribution is 2.48. The maximum atomic E-state index is 5.46. The lowest BCUT2D eigenvalue weighted by molar-refractivity contribution is -0.401. The molecule has 0 aliphatic carbocycles. The highest BCUT2D eigenvalue weighted by Gasteiger charge is 2.43. The van der Waals surface area contributed by atoms with Gasteiger partial charge in [0.05, 0.1) is 19.6 Å². The third-order valence-electron chi connectivity index (χ3n) is 13.3. The molecule has 5 heteroatoms. The summed E-state index contributed by atoms with van der Waals surface area (Å²) >= 11 is 0. The average molecular weight is 779 g/mol. The number of benzene rings is 6. The van der Waals surface area contributed by atoms with Gasteiger partial charge in [-0.25, -0.2) is 0 Å². The molecule has 59 heavy (non-hydrogen) atoms. The van der Waals surface area contributed by atoms with Crippen molar-refractivity contribution in [3.05, 3.63) is 191 Å².